The molecule has 5 nitrogen and oxygen atoms in total. The van der Waals surface area contributed by atoms with E-state index in [0.717, 1.165) is 36.8 Å². The number of rotatable bonds is 7. The third kappa shape index (κ3) is 4.65. The molecule has 1 fully saturated rings. The molecule has 3 rings (SSSR count). The van der Waals surface area contributed by atoms with Gasteiger partial charge in [-0.05, 0) is 42.0 Å². The Hall–Kier alpha value is -1.66. The van der Waals surface area contributed by atoms with Crippen molar-refractivity contribution >= 4 is 34.3 Å². The zero-order chi connectivity index (χ0) is 22.1. The molecule has 0 saturated heterocycles. The van der Waals surface area contributed by atoms with Gasteiger partial charge < -0.3 is 10.0 Å². The highest BCUT2D eigenvalue weighted by molar-refractivity contribution is 7.85. The molecule has 1 aromatic rings. The van der Waals surface area contributed by atoms with Gasteiger partial charge in [0, 0.05) is 29.8 Å². The average molecular weight is 452 g/mol. The normalized spacial score (nSPS) is 23.7. The van der Waals surface area contributed by atoms with Crippen molar-refractivity contribution in [1.29, 1.82) is 0 Å². The fourth-order valence-electron chi connectivity index (χ4n) is 4.64. The van der Waals surface area contributed by atoms with Gasteiger partial charge in [-0.25, -0.2) is 0 Å². The van der Waals surface area contributed by atoms with Crippen LogP contribution in [-0.4, -0.2) is 37.9 Å². The number of amides is 1. The van der Waals surface area contributed by atoms with Crippen molar-refractivity contribution in [2.75, 3.05) is 6.54 Å². The molecule has 1 aliphatic heterocycles. The Kier molecular flexibility index (Phi) is 7.08. The van der Waals surface area contributed by atoms with Gasteiger partial charge >= 0.3 is 5.97 Å². The highest BCUT2D eigenvalue weighted by Crippen LogP contribution is 2.44. The number of halogens is 1. The Morgan fingerprint density at radius 2 is 2.00 bits per heavy atom. The number of carbonyl (C=O) groups excluding carboxylic acids is 1. The fourth-order valence-corrected chi connectivity index (χ4v) is 6.62. The zero-order valence-corrected chi connectivity index (χ0v) is 19.4. The van der Waals surface area contributed by atoms with E-state index in [-0.39, 0.29) is 36.5 Å². The molecule has 2 atom stereocenters. The predicted octanol–water partition coefficient (Wildman–Crippen LogP) is 4.89. The standard InChI is InChI=1S/C23H30ClNO4S/c1-15(2)18-14-25(11-10-22(27)28)21(26)13-23(18,3)16-8-9-20(19(24)12-16)30(29)17-6-4-5-7-17/h8-9,12,14-15,17H,4-7,10-11,13H2,1-3H3,(H,27,28)/t23-,30?/m0/s1. The number of carboxylic acids is 1. The molecule has 0 spiro atoms. The maximum atomic E-state index is 12.9. The average Bonchev–Trinajstić information content (AvgIpc) is 3.21. The number of hydrogen-bond acceptors (Lipinski definition) is 3. The van der Waals surface area contributed by atoms with Crippen LogP contribution in [0.25, 0.3) is 0 Å². The van der Waals surface area contributed by atoms with Crippen molar-refractivity contribution in [2.45, 2.75) is 74.9 Å². The highest BCUT2D eigenvalue weighted by Gasteiger charge is 2.40. The number of carbonyl (C=O) groups is 2. The van der Waals surface area contributed by atoms with Gasteiger partial charge in [-0.2, -0.15) is 0 Å². The molecule has 30 heavy (non-hydrogen) atoms. The molecule has 0 bridgehead atoms. The van der Waals surface area contributed by atoms with Crippen LogP contribution < -0.4 is 0 Å². The van der Waals surface area contributed by atoms with Crippen molar-refractivity contribution in [2.24, 2.45) is 5.92 Å². The minimum absolute atomic E-state index is 0.0855. The maximum absolute atomic E-state index is 12.9. The van der Waals surface area contributed by atoms with Gasteiger partial charge in [0.15, 0.2) is 0 Å². The highest BCUT2D eigenvalue weighted by atomic mass is 35.5. The van der Waals surface area contributed by atoms with E-state index >= 15 is 0 Å². The van der Waals surface area contributed by atoms with Crippen LogP contribution in [0, 0.1) is 5.92 Å². The third-order valence-corrected chi connectivity index (χ3v) is 8.63. The van der Waals surface area contributed by atoms with Crippen LogP contribution in [0.2, 0.25) is 5.02 Å². The first-order chi connectivity index (χ1) is 14.1. The lowest BCUT2D eigenvalue weighted by Gasteiger charge is -2.41. The van der Waals surface area contributed by atoms with E-state index in [1.54, 1.807) is 0 Å². The number of nitrogens with zero attached hydrogens (tertiary/aromatic N) is 1. The zero-order valence-electron chi connectivity index (χ0n) is 17.8. The number of carboxylic acid groups (broad SMARTS) is 1. The van der Waals surface area contributed by atoms with E-state index in [2.05, 4.69) is 13.8 Å². The molecular weight excluding hydrogens is 422 g/mol. The van der Waals surface area contributed by atoms with Crippen molar-refractivity contribution in [3.63, 3.8) is 0 Å². The molecule has 1 saturated carbocycles. The number of allylic oxidation sites excluding steroid dienone is 1. The Balaban J connectivity index is 1.93. The van der Waals surface area contributed by atoms with Crippen molar-refractivity contribution in [3.05, 3.63) is 40.6 Å². The Labute approximate surface area is 185 Å². The SMILES string of the molecule is CC(C)C1=CN(CCC(=O)O)C(=O)C[C@@]1(C)c1ccc(S(=O)C2CCCC2)c(Cl)c1. The smallest absolute Gasteiger partial charge is 0.305 e. The van der Waals surface area contributed by atoms with E-state index in [9.17, 15) is 13.8 Å². The quantitative estimate of drug-likeness (QED) is 0.640. The van der Waals surface area contributed by atoms with Gasteiger partial charge in [-0.1, -0.05) is 51.3 Å². The van der Waals surface area contributed by atoms with Crippen LogP contribution >= 0.6 is 11.6 Å². The monoisotopic (exact) mass is 451 g/mol. The summed E-state index contributed by atoms with van der Waals surface area (Å²) in [7, 11) is -1.11. The van der Waals surface area contributed by atoms with Crippen LogP contribution in [0.1, 0.15) is 64.9 Å². The second-order valence-electron chi connectivity index (χ2n) is 8.83. The first-order valence-electron chi connectivity index (χ1n) is 10.6. The summed E-state index contributed by atoms with van der Waals surface area (Å²) in [5, 5.41) is 9.63. The van der Waals surface area contributed by atoms with Crippen molar-refractivity contribution < 1.29 is 18.9 Å². The molecule has 1 aromatic carbocycles. The topological polar surface area (TPSA) is 74.7 Å². The predicted molar refractivity (Wildman–Crippen MR) is 119 cm³/mol. The van der Waals surface area contributed by atoms with Gasteiger partial charge in [0.1, 0.15) is 0 Å². The maximum Gasteiger partial charge on any atom is 0.305 e. The van der Waals surface area contributed by atoms with Crippen LogP contribution in [0.3, 0.4) is 0 Å². The van der Waals surface area contributed by atoms with Gasteiger partial charge in [-0.3, -0.25) is 13.8 Å². The molecule has 0 radical (unpaired) electrons. The minimum Gasteiger partial charge on any atom is -0.481 e. The van der Waals surface area contributed by atoms with E-state index in [0.29, 0.717) is 9.92 Å². The molecule has 1 N–H and O–H groups in total. The fraction of sp³-hybridized carbons (Fsp3) is 0.565. The number of hydrogen-bond donors (Lipinski definition) is 1. The first-order valence-corrected chi connectivity index (χ1v) is 12.2. The number of benzene rings is 1. The summed E-state index contributed by atoms with van der Waals surface area (Å²) in [6, 6.07) is 5.67. The molecule has 1 aliphatic carbocycles. The Morgan fingerprint density at radius 3 is 2.57 bits per heavy atom. The molecule has 1 heterocycles. The summed E-state index contributed by atoms with van der Waals surface area (Å²) in [5.41, 5.74) is 1.45. The lowest BCUT2D eigenvalue weighted by Crippen LogP contribution is -2.42. The lowest BCUT2D eigenvalue weighted by atomic mass is 9.68. The first kappa shape index (κ1) is 23.0. The summed E-state index contributed by atoms with van der Waals surface area (Å²) in [5.74, 6) is -0.854. The van der Waals surface area contributed by atoms with Crippen LogP contribution in [0.4, 0.5) is 0 Å². The van der Waals surface area contributed by atoms with Gasteiger partial charge in [-0.15, -0.1) is 0 Å². The Morgan fingerprint density at radius 1 is 1.33 bits per heavy atom. The van der Waals surface area contributed by atoms with Crippen LogP contribution in [0.5, 0.6) is 0 Å². The summed E-state index contributed by atoms with van der Waals surface area (Å²) < 4.78 is 12.9. The van der Waals surface area contributed by atoms with E-state index in [1.807, 2.05) is 31.3 Å². The molecule has 164 valence electrons. The summed E-state index contributed by atoms with van der Waals surface area (Å²) in [6.07, 6.45) is 6.17. The van der Waals surface area contributed by atoms with Gasteiger partial charge in [0.05, 0.1) is 27.1 Å². The molecule has 7 heteroatoms. The van der Waals surface area contributed by atoms with Gasteiger partial charge in [0.25, 0.3) is 0 Å². The van der Waals surface area contributed by atoms with Gasteiger partial charge in [0.2, 0.25) is 5.91 Å². The summed E-state index contributed by atoms with van der Waals surface area (Å²) >= 11 is 6.59. The third-order valence-electron chi connectivity index (χ3n) is 6.34. The molecule has 1 amide bonds. The van der Waals surface area contributed by atoms with E-state index in [4.69, 9.17) is 16.7 Å². The molecular formula is C23H30ClNO4S. The Bertz CT molecular complexity index is 891. The lowest BCUT2D eigenvalue weighted by molar-refractivity contribution is -0.138. The van der Waals surface area contributed by atoms with E-state index in [1.165, 1.54) is 4.90 Å². The minimum atomic E-state index is -1.11. The molecule has 1 unspecified atom stereocenters. The van der Waals surface area contributed by atoms with Crippen LogP contribution in [-0.2, 0) is 25.8 Å². The molecule has 2 aliphatic rings. The molecule has 0 aromatic heterocycles. The second kappa shape index (κ2) is 9.23. The van der Waals surface area contributed by atoms with Crippen molar-refractivity contribution in [3.8, 4) is 0 Å². The van der Waals surface area contributed by atoms with Crippen LogP contribution in [0.15, 0.2) is 34.9 Å². The largest absolute Gasteiger partial charge is 0.481 e. The van der Waals surface area contributed by atoms with E-state index < -0.39 is 22.2 Å². The van der Waals surface area contributed by atoms with Crippen molar-refractivity contribution in [1.82, 2.24) is 4.90 Å². The second-order valence-corrected chi connectivity index (χ2v) is 10.9. The number of aliphatic carboxylic acids is 1. The summed E-state index contributed by atoms with van der Waals surface area (Å²) in [6.45, 7) is 6.34. The summed E-state index contributed by atoms with van der Waals surface area (Å²) in [4.78, 5) is 25.9.